The lowest BCUT2D eigenvalue weighted by atomic mass is 10.3. The maximum Gasteiger partial charge on any atom is 0.215 e. The molecule has 94 valence electrons. The van der Waals surface area contributed by atoms with Gasteiger partial charge in [0.15, 0.2) is 5.82 Å². The van der Waals surface area contributed by atoms with Gasteiger partial charge in [-0.25, -0.2) is 9.37 Å². The van der Waals surface area contributed by atoms with Gasteiger partial charge in [0.05, 0.1) is 11.2 Å². The average Bonchev–Trinajstić information content (AvgIpc) is 2.84. The Morgan fingerprint density at radius 1 is 1.44 bits per heavy atom. The molecule has 0 unspecified atom stereocenters. The Morgan fingerprint density at radius 3 is 2.94 bits per heavy atom. The Hall–Kier alpha value is -1.40. The van der Waals surface area contributed by atoms with Crippen molar-refractivity contribution in [1.29, 1.82) is 0 Å². The number of imidazole rings is 2. The summed E-state index contributed by atoms with van der Waals surface area (Å²) in [5, 5.41) is 0. The zero-order valence-corrected chi connectivity index (χ0v) is 11.4. The number of benzene rings is 1. The normalized spacial score (nSPS) is 11.8. The highest BCUT2D eigenvalue weighted by atomic mass is 79.9. The van der Waals surface area contributed by atoms with Crippen LogP contribution in [0.15, 0.2) is 22.8 Å². The molecular formula is C12H12BrFN4. The number of rotatable bonds is 2. The van der Waals surface area contributed by atoms with Gasteiger partial charge in [0.25, 0.3) is 0 Å². The van der Waals surface area contributed by atoms with Crippen LogP contribution in [0.5, 0.6) is 0 Å². The molecule has 18 heavy (non-hydrogen) atoms. The summed E-state index contributed by atoms with van der Waals surface area (Å²) in [6.45, 7) is 0.561. The van der Waals surface area contributed by atoms with E-state index in [1.807, 2.05) is 22.1 Å². The molecule has 0 fully saturated rings. The maximum absolute atomic E-state index is 13.7. The summed E-state index contributed by atoms with van der Waals surface area (Å²) < 4.78 is 18.4. The van der Waals surface area contributed by atoms with Gasteiger partial charge in [-0.1, -0.05) is 6.07 Å². The highest BCUT2D eigenvalue weighted by Crippen LogP contribution is 2.28. The lowest BCUT2D eigenvalue weighted by molar-refractivity contribution is 0.637. The Labute approximate surface area is 111 Å². The van der Waals surface area contributed by atoms with Gasteiger partial charge in [-0.05, 0) is 34.6 Å². The van der Waals surface area contributed by atoms with E-state index in [-0.39, 0.29) is 5.82 Å². The van der Waals surface area contributed by atoms with Crippen LogP contribution in [0.4, 0.5) is 4.39 Å². The van der Waals surface area contributed by atoms with E-state index in [0.29, 0.717) is 17.8 Å². The molecule has 0 radical (unpaired) electrons. The largest absolute Gasteiger partial charge is 0.330 e. The molecule has 3 aromatic rings. The number of nitrogens with zero attached hydrogens (tertiary/aromatic N) is 3. The van der Waals surface area contributed by atoms with Crippen LogP contribution in [0.3, 0.4) is 0 Å². The van der Waals surface area contributed by atoms with Crippen molar-refractivity contribution in [2.24, 2.45) is 12.8 Å². The first kappa shape index (κ1) is 11.7. The fraction of sp³-hybridized carbons (Fsp3) is 0.250. The van der Waals surface area contributed by atoms with Crippen LogP contribution in [-0.2, 0) is 13.5 Å². The average molecular weight is 311 g/mol. The van der Waals surface area contributed by atoms with Crippen LogP contribution < -0.4 is 5.73 Å². The molecule has 3 rings (SSSR count). The number of fused-ring (bicyclic) bond motifs is 3. The van der Waals surface area contributed by atoms with E-state index in [2.05, 4.69) is 20.9 Å². The molecule has 0 spiro atoms. The summed E-state index contributed by atoms with van der Waals surface area (Å²) in [6, 6.07) is 4.96. The number of aryl methyl sites for hydroxylation is 1. The number of hydrogen-bond acceptors (Lipinski definition) is 2. The lowest BCUT2D eigenvalue weighted by Crippen LogP contribution is -2.07. The second kappa shape index (κ2) is 4.07. The fourth-order valence-electron chi connectivity index (χ4n) is 2.27. The molecule has 4 nitrogen and oxygen atoms in total. The van der Waals surface area contributed by atoms with Crippen molar-refractivity contribution in [2.75, 3.05) is 6.54 Å². The van der Waals surface area contributed by atoms with Crippen LogP contribution in [0, 0.1) is 5.82 Å². The van der Waals surface area contributed by atoms with Crippen molar-refractivity contribution in [3.8, 4) is 0 Å². The zero-order chi connectivity index (χ0) is 12.9. The molecule has 0 amide bonds. The first-order valence-electron chi connectivity index (χ1n) is 5.65. The van der Waals surface area contributed by atoms with E-state index in [0.717, 1.165) is 22.2 Å². The maximum atomic E-state index is 13.7. The molecule has 0 atom stereocenters. The predicted octanol–water partition coefficient (Wildman–Crippen LogP) is 2.23. The number of hydrogen-bond donors (Lipinski definition) is 1. The highest BCUT2D eigenvalue weighted by molar-refractivity contribution is 9.10. The van der Waals surface area contributed by atoms with Gasteiger partial charge in [-0.2, -0.15) is 0 Å². The SMILES string of the molecule is Cn1c(CCN)c(Br)n2c3cccc(F)c3nc12. The van der Waals surface area contributed by atoms with E-state index >= 15 is 0 Å². The third kappa shape index (κ3) is 1.42. The Balaban J connectivity index is 2.45. The number of aromatic nitrogens is 3. The Bertz CT molecular complexity index is 744. The first-order valence-corrected chi connectivity index (χ1v) is 6.44. The van der Waals surface area contributed by atoms with Gasteiger partial charge in [0, 0.05) is 13.5 Å². The summed E-state index contributed by atoms with van der Waals surface area (Å²) in [7, 11) is 1.91. The molecule has 2 N–H and O–H groups in total. The summed E-state index contributed by atoms with van der Waals surface area (Å²) in [6.07, 6.45) is 0.747. The molecule has 6 heteroatoms. The molecule has 0 aliphatic heterocycles. The van der Waals surface area contributed by atoms with E-state index in [1.54, 1.807) is 6.07 Å². The van der Waals surface area contributed by atoms with Gasteiger partial charge in [0.1, 0.15) is 10.1 Å². The van der Waals surface area contributed by atoms with Crippen molar-refractivity contribution < 1.29 is 4.39 Å². The molecule has 0 saturated carbocycles. The standard InChI is InChI=1S/C12H12BrFN4/c1-17-9(5-6-15)11(13)18-8-4-2-3-7(14)10(8)16-12(17)18/h2-4H,5-6,15H2,1H3. The second-order valence-electron chi connectivity index (χ2n) is 4.19. The minimum absolute atomic E-state index is 0.302. The summed E-state index contributed by atoms with van der Waals surface area (Å²) >= 11 is 3.55. The van der Waals surface area contributed by atoms with Gasteiger partial charge >= 0.3 is 0 Å². The molecular weight excluding hydrogens is 299 g/mol. The van der Waals surface area contributed by atoms with Crippen molar-refractivity contribution >= 4 is 32.7 Å². The number of nitrogens with two attached hydrogens (primary N) is 1. The van der Waals surface area contributed by atoms with Crippen LogP contribution in [0.25, 0.3) is 16.8 Å². The summed E-state index contributed by atoms with van der Waals surface area (Å²) in [5.74, 6) is 0.411. The van der Waals surface area contributed by atoms with E-state index < -0.39 is 0 Å². The minimum Gasteiger partial charge on any atom is -0.330 e. The number of para-hydroxylation sites is 1. The molecule has 2 heterocycles. The van der Waals surface area contributed by atoms with Crippen LogP contribution in [0.2, 0.25) is 0 Å². The van der Waals surface area contributed by atoms with E-state index in [1.165, 1.54) is 6.07 Å². The minimum atomic E-state index is -0.302. The number of halogens is 2. The van der Waals surface area contributed by atoms with E-state index in [4.69, 9.17) is 5.73 Å². The van der Waals surface area contributed by atoms with Crippen molar-refractivity contribution in [2.45, 2.75) is 6.42 Å². The first-order chi connectivity index (χ1) is 8.65. The molecule has 1 aromatic carbocycles. The van der Waals surface area contributed by atoms with Gasteiger partial charge in [-0.3, -0.25) is 4.40 Å². The van der Waals surface area contributed by atoms with E-state index in [9.17, 15) is 4.39 Å². The Kier molecular flexibility index (Phi) is 2.64. The molecule has 2 aromatic heterocycles. The van der Waals surface area contributed by atoms with Crippen molar-refractivity contribution in [3.05, 3.63) is 34.3 Å². The lowest BCUT2D eigenvalue weighted by Gasteiger charge is -2.01. The third-order valence-corrected chi connectivity index (χ3v) is 3.95. The highest BCUT2D eigenvalue weighted by Gasteiger charge is 2.18. The van der Waals surface area contributed by atoms with Crippen molar-refractivity contribution in [1.82, 2.24) is 14.0 Å². The monoisotopic (exact) mass is 310 g/mol. The van der Waals surface area contributed by atoms with Gasteiger partial charge in [0.2, 0.25) is 5.78 Å². The Morgan fingerprint density at radius 2 is 2.22 bits per heavy atom. The van der Waals surface area contributed by atoms with Crippen molar-refractivity contribution in [3.63, 3.8) is 0 Å². The predicted molar refractivity (Wildman–Crippen MR) is 72.1 cm³/mol. The van der Waals surface area contributed by atoms with Gasteiger partial charge < -0.3 is 10.3 Å². The smallest absolute Gasteiger partial charge is 0.215 e. The fourth-order valence-corrected chi connectivity index (χ4v) is 3.08. The summed E-state index contributed by atoms with van der Waals surface area (Å²) in [5.41, 5.74) is 7.81. The second-order valence-corrected chi connectivity index (χ2v) is 4.94. The van der Waals surface area contributed by atoms with Crippen LogP contribution in [0.1, 0.15) is 5.69 Å². The molecule has 0 saturated heterocycles. The topological polar surface area (TPSA) is 48.2 Å². The van der Waals surface area contributed by atoms with Crippen LogP contribution in [-0.4, -0.2) is 20.5 Å². The molecule has 0 bridgehead atoms. The van der Waals surface area contributed by atoms with Gasteiger partial charge in [-0.15, -0.1) is 0 Å². The summed E-state index contributed by atoms with van der Waals surface area (Å²) in [4.78, 5) is 4.36. The molecule has 0 aliphatic rings. The molecule has 0 aliphatic carbocycles. The van der Waals surface area contributed by atoms with Crippen LogP contribution >= 0.6 is 15.9 Å². The zero-order valence-electron chi connectivity index (χ0n) is 9.82. The quantitative estimate of drug-likeness (QED) is 0.789. The third-order valence-electron chi connectivity index (χ3n) is 3.14.